The molecule has 1 unspecified atom stereocenters. The fourth-order valence-electron chi connectivity index (χ4n) is 1.24. The van der Waals surface area contributed by atoms with Crippen molar-refractivity contribution in [1.29, 1.82) is 0 Å². The number of ether oxygens (including phenoxy) is 2. The van der Waals surface area contributed by atoms with Crippen LogP contribution in [-0.4, -0.2) is 6.29 Å². The Morgan fingerprint density at radius 3 is 3.08 bits per heavy atom. The summed E-state index contributed by atoms with van der Waals surface area (Å²) < 4.78 is 10.8. The lowest BCUT2D eigenvalue weighted by molar-refractivity contribution is -0.0683. The monoisotopic (exact) mass is 174 g/mol. The molecule has 0 radical (unpaired) electrons. The molecule has 13 heavy (non-hydrogen) atoms. The molecule has 0 saturated heterocycles. The Bertz CT molecular complexity index is 360. The molecule has 66 valence electrons. The van der Waals surface area contributed by atoms with Gasteiger partial charge in [0.2, 0.25) is 0 Å². The van der Waals surface area contributed by atoms with E-state index in [9.17, 15) is 0 Å². The minimum absolute atomic E-state index is 0.403. The fraction of sp³-hybridized carbons (Fsp3) is 0.273. The molecule has 1 aliphatic heterocycles. The van der Waals surface area contributed by atoms with Crippen molar-refractivity contribution in [3.8, 4) is 17.6 Å². The summed E-state index contributed by atoms with van der Waals surface area (Å²) in [6, 6.07) is 7.84. The van der Waals surface area contributed by atoms with Gasteiger partial charge in [-0.05, 0) is 18.9 Å². The Hall–Kier alpha value is -1.46. The minimum atomic E-state index is -0.403. The maximum absolute atomic E-state index is 5.48. The van der Waals surface area contributed by atoms with Crippen LogP contribution in [0.4, 0.5) is 0 Å². The summed E-state index contributed by atoms with van der Waals surface area (Å²) in [4.78, 5) is 0. The maximum Gasteiger partial charge on any atom is 0.265 e. The predicted molar refractivity (Wildman–Crippen MR) is 49.1 cm³/mol. The van der Waals surface area contributed by atoms with E-state index in [4.69, 9.17) is 9.47 Å². The van der Waals surface area contributed by atoms with Gasteiger partial charge in [-0.3, -0.25) is 0 Å². The highest BCUT2D eigenvalue weighted by Crippen LogP contribution is 2.24. The molecule has 2 rings (SSSR count). The average Bonchev–Trinajstić information content (AvgIpc) is 2.18. The van der Waals surface area contributed by atoms with Gasteiger partial charge >= 0.3 is 0 Å². The van der Waals surface area contributed by atoms with Crippen LogP contribution in [0.1, 0.15) is 12.5 Å². The first-order valence-corrected chi connectivity index (χ1v) is 4.18. The van der Waals surface area contributed by atoms with E-state index in [1.54, 1.807) is 6.92 Å². The second kappa shape index (κ2) is 3.51. The second-order valence-electron chi connectivity index (χ2n) is 2.76. The van der Waals surface area contributed by atoms with Crippen LogP contribution in [0.5, 0.6) is 5.75 Å². The summed E-state index contributed by atoms with van der Waals surface area (Å²) in [6.07, 6.45) is -0.403. The Morgan fingerprint density at radius 2 is 2.23 bits per heavy atom. The van der Waals surface area contributed by atoms with Crippen LogP contribution in [0.3, 0.4) is 0 Å². The van der Waals surface area contributed by atoms with Gasteiger partial charge in [0.25, 0.3) is 6.29 Å². The molecule has 0 spiro atoms. The van der Waals surface area contributed by atoms with E-state index in [-0.39, 0.29) is 0 Å². The van der Waals surface area contributed by atoms with Crippen molar-refractivity contribution in [2.75, 3.05) is 0 Å². The SMILES string of the molecule is CC#CC1OCc2ccccc2O1. The Balaban J connectivity index is 2.23. The van der Waals surface area contributed by atoms with Gasteiger partial charge in [0.15, 0.2) is 0 Å². The maximum atomic E-state index is 5.48. The van der Waals surface area contributed by atoms with Crippen molar-refractivity contribution in [2.24, 2.45) is 0 Å². The van der Waals surface area contributed by atoms with Crippen molar-refractivity contribution in [3.05, 3.63) is 29.8 Å². The standard InChI is InChI=1S/C11H10O2/c1-2-5-11-12-8-9-6-3-4-7-10(9)13-11/h3-4,6-7,11H,8H2,1H3. The number of hydrogen-bond donors (Lipinski definition) is 0. The lowest BCUT2D eigenvalue weighted by Gasteiger charge is -2.22. The van der Waals surface area contributed by atoms with Gasteiger partial charge in [-0.2, -0.15) is 0 Å². The van der Waals surface area contributed by atoms with Gasteiger partial charge in [0, 0.05) is 5.56 Å². The van der Waals surface area contributed by atoms with Gasteiger partial charge in [-0.15, -0.1) is 5.92 Å². The normalized spacial score (nSPS) is 19.3. The summed E-state index contributed by atoms with van der Waals surface area (Å²) >= 11 is 0. The van der Waals surface area contributed by atoms with E-state index in [1.165, 1.54) is 0 Å². The topological polar surface area (TPSA) is 18.5 Å². The van der Waals surface area contributed by atoms with Crippen LogP contribution < -0.4 is 4.74 Å². The number of fused-ring (bicyclic) bond motifs is 1. The molecule has 2 heteroatoms. The summed E-state index contributed by atoms with van der Waals surface area (Å²) in [5.74, 6) is 6.48. The minimum Gasteiger partial charge on any atom is -0.453 e. The summed E-state index contributed by atoms with van der Waals surface area (Å²) in [7, 11) is 0. The molecular weight excluding hydrogens is 164 g/mol. The number of para-hydroxylation sites is 1. The van der Waals surface area contributed by atoms with Crippen molar-refractivity contribution >= 4 is 0 Å². The third-order valence-electron chi connectivity index (χ3n) is 1.86. The van der Waals surface area contributed by atoms with Crippen molar-refractivity contribution in [1.82, 2.24) is 0 Å². The van der Waals surface area contributed by atoms with E-state index >= 15 is 0 Å². The van der Waals surface area contributed by atoms with Crippen LogP contribution in [0.2, 0.25) is 0 Å². The molecule has 0 saturated carbocycles. The van der Waals surface area contributed by atoms with Crippen LogP contribution in [-0.2, 0) is 11.3 Å². The van der Waals surface area contributed by atoms with Gasteiger partial charge in [-0.25, -0.2) is 0 Å². The van der Waals surface area contributed by atoms with Gasteiger partial charge < -0.3 is 9.47 Å². The Morgan fingerprint density at radius 1 is 1.38 bits per heavy atom. The molecule has 0 aromatic heterocycles. The zero-order chi connectivity index (χ0) is 9.10. The van der Waals surface area contributed by atoms with Crippen LogP contribution in [0.25, 0.3) is 0 Å². The number of hydrogen-bond acceptors (Lipinski definition) is 2. The third-order valence-corrected chi connectivity index (χ3v) is 1.86. The summed E-state index contributed by atoms with van der Waals surface area (Å²) in [5.41, 5.74) is 1.08. The molecule has 1 aromatic rings. The summed E-state index contributed by atoms with van der Waals surface area (Å²) in [6.45, 7) is 2.35. The molecule has 1 heterocycles. The molecule has 0 N–H and O–H groups in total. The lowest BCUT2D eigenvalue weighted by Crippen LogP contribution is -2.23. The van der Waals surface area contributed by atoms with Crippen molar-refractivity contribution in [2.45, 2.75) is 19.8 Å². The van der Waals surface area contributed by atoms with E-state index in [1.807, 2.05) is 24.3 Å². The molecule has 2 nitrogen and oxygen atoms in total. The summed E-state index contributed by atoms with van der Waals surface area (Å²) in [5, 5.41) is 0. The van der Waals surface area contributed by atoms with E-state index < -0.39 is 6.29 Å². The highest BCUT2D eigenvalue weighted by Gasteiger charge is 2.16. The molecule has 0 bridgehead atoms. The van der Waals surface area contributed by atoms with Crippen LogP contribution in [0.15, 0.2) is 24.3 Å². The smallest absolute Gasteiger partial charge is 0.265 e. The molecule has 0 fully saturated rings. The lowest BCUT2D eigenvalue weighted by atomic mass is 10.2. The first-order valence-electron chi connectivity index (χ1n) is 4.18. The zero-order valence-corrected chi connectivity index (χ0v) is 7.41. The number of benzene rings is 1. The zero-order valence-electron chi connectivity index (χ0n) is 7.41. The van der Waals surface area contributed by atoms with Gasteiger partial charge in [0.05, 0.1) is 6.61 Å². The van der Waals surface area contributed by atoms with E-state index in [0.717, 1.165) is 11.3 Å². The van der Waals surface area contributed by atoms with Gasteiger partial charge in [0.1, 0.15) is 5.75 Å². The van der Waals surface area contributed by atoms with Crippen LogP contribution in [0, 0.1) is 11.8 Å². The quantitative estimate of drug-likeness (QED) is 0.559. The predicted octanol–water partition coefficient (Wildman–Crippen LogP) is 1.95. The van der Waals surface area contributed by atoms with E-state index in [2.05, 4.69) is 11.8 Å². The van der Waals surface area contributed by atoms with Crippen LogP contribution >= 0.6 is 0 Å². The molecule has 1 aromatic carbocycles. The fourth-order valence-corrected chi connectivity index (χ4v) is 1.24. The Kier molecular flexibility index (Phi) is 2.20. The third kappa shape index (κ3) is 1.66. The average molecular weight is 174 g/mol. The number of rotatable bonds is 0. The van der Waals surface area contributed by atoms with Crippen molar-refractivity contribution < 1.29 is 9.47 Å². The highest BCUT2D eigenvalue weighted by molar-refractivity contribution is 5.34. The molecular formula is C11H10O2. The highest BCUT2D eigenvalue weighted by atomic mass is 16.7. The van der Waals surface area contributed by atoms with E-state index in [0.29, 0.717) is 6.61 Å². The Labute approximate surface area is 77.5 Å². The molecule has 1 atom stereocenters. The molecule has 0 amide bonds. The molecule has 1 aliphatic rings. The second-order valence-corrected chi connectivity index (χ2v) is 2.76. The van der Waals surface area contributed by atoms with Gasteiger partial charge in [-0.1, -0.05) is 18.2 Å². The largest absolute Gasteiger partial charge is 0.453 e. The molecule has 0 aliphatic carbocycles. The first-order chi connectivity index (χ1) is 6.40. The first kappa shape index (κ1) is 8.15. The van der Waals surface area contributed by atoms with Crippen molar-refractivity contribution in [3.63, 3.8) is 0 Å².